The first-order valence-corrected chi connectivity index (χ1v) is 28.4. The molecule has 1 saturated heterocycles. The summed E-state index contributed by atoms with van der Waals surface area (Å²) < 4.78 is 11.1. The third-order valence-corrected chi connectivity index (χ3v) is 13.6. The molecule has 1 heterocycles. The van der Waals surface area contributed by atoms with Gasteiger partial charge in [-0.1, -0.05) is 211 Å². The van der Waals surface area contributed by atoms with Gasteiger partial charge in [0.1, 0.15) is 36.6 Å². The SMILES string of the molecule is CCCCCCCCCC/C=C/CC/C=C/CCCC(O)C(O)C(COC1OC(CO)C(O)C(O)C1O)NC(=O)C(O)CCCCCCCCCC/C=C\CCCCCCCCCCCCCC. The van der Waals surface area contributed by atoms with E-state index in [1.54, 1.807) is 0 Å². The standard InChI is InChI=1S/C57H107NO10/c1-3-5-7-9-11-13-15-17-19-21-22-23-24-25-26-27-29-31-33-35-37-39-41-43-45-50(61)56(66)58-48(47-67-57-55(65)54(64)53(63)51(46-59)68-57)52(62)49(60)44-42-40-38-36-34-32-30-28-20-18-16-14-12-10-8-6-4-2/h25-26,28,30,36,38,48-55,57,59-65H,3-24,27,29,31-35,37,39-47H2,1-2H3,(H,58,66)/b26-25-,30-28+,38-36+. The largest absolute Gasteiger partial charge is 0.394 e. The summed E-state index contributed by atoms with van der Waals surface area (Å²) in [7, 11) is 0. The molecule has 11 heteroatoms. The Morgan fingerprint density at radius 1 is 0.500 bits per heavy atom. The Morgan fingerprint density at radius 2 is 0.882 bits per heavy atom. The predicted molar refractivity (Wildman–Crippen MR) is 279 cm³/mol. The molecule has 1 aliphatic rings. The highest BCUT2D eigenvalue weighted by Gasteiger charge is 2.44. The van der Waals surface area contributed by atoms with Gasteiger partial charge in [-0.2, -0.15) is 0 Å². The highest BCUT2D eigenvalue weighted by Crippen LogP contribution is 2.23. The van der Waals surface area contributed by atoms with Crippen molar-refractivity contribution in [3.63, 3.8) is 0 Å². The molecule has 1 amide bonds. The maximum atomic E-state index is 13.2. The first kappa shape index (κ1) is 64.3. The van der Waals surface area contributed by atoms with Crippen LogP contribution >= 0.6 is 0 Å². The first-order chi connectivity index (χ1) is 33.2. The summed E-state index contributed by atoms with van der Waals surface area (Å²) in [4.78, 5) is 13.2. The average Bonchev–Trinajstić information content (AvgIpc) is 3.34. The van der Waals surface area contributed by atoms with Crippen LogP contribution in [0, 0.1) is 0 Å². The van der Waals surface area contributed by atoms with Crippen molar-refractivity contribution in [2.75, 3.05) is 13.2 Å². The molecular weight excluding hydrogens is 859 g/mol. The van der Waals surface area contributed by atoms with Crippen LogP contribution in [0.4, 0.5) is 0 Å². The van der Waals surface area contributed by atoms with Gasteiger partial charge in [0.05, 0.1) is 25.4 Å². The van der Waals surface area contributed by atoms with Gasteiger partial charge in [-0.15, -0.1) is 0 Å². The fourth-order valence-electron chi connectivity index (χ4n) is 8.98. The zero-order valence-electron chi connectivity index (χ0n) is 43.6. The number of carbonyl (C=O) groups excluding carboxylic acids is 1. The van der Waals surface area contributed by atoms with Gasteiger partial charge in [0.2, 0.25) is 5.91 Å². The van der Waals surface area contributed by atoms with Gasteiger partial charge in [-0.3, -0.25) is 4.79 Å². The molecule has 0 aliphatic carbocycles. The van der Waals surface area contributed by atoms with E-state index in [4.69, 9.17) is 9.47 Å². The Kier molecular flexibility index (Phi) is 43.9. The van der Waals surface area contributed by atoms with E-state index in [9.17, 15) is 40.5 Å². The zero-order valence-corrected chi connectivity index (χ0v) is 43.6. The quantitative estimate of drug-likeness (QED) is 0.0215. The van der Waals surface area contributed by atoms with Crippen LogP contribution < -0.4 is 5.32 Å². The molecule has 1 fully saturated rings. The van der Waals surface area contributed by atoms with Crippen LogP contribution in [0.5, 0.6) is 0 Å². The minimum Gasteiger partial charge on any atom is -0.394 e. The average molecular weight is 966 g/mol. The van der Waals surface area contributed by atoms with E-state index < -0.39 is 74.2 Å². The van der Waals surface area contributed by atoms with E-state index >= 15 is 0 Å². The topological polar surface area (TPSA) is 189 Å². The van der Waals surface area contributed by atoms with E-state index in [1.165, 1.54) is 161 Å². The number of hydrogen-bond acceptors (Lipinski definition) is 10. The normalized spacial score (nSPS) is 20.8. The van der Waals surface area contributed by atoms with Gasteiger partial charge in [-0.25, -0.2) is 0 Å². The predicted octanol–water partition coefficient (Wildman–Crippen LogP) is 11.5. The first-order valence-electron chi connectivity index (χ1n) is 28.4. The molecule has 0 aromatic rings. The number of ether oxygens (including phenoxy) is 2. The van der Waals surface area contributed by atoms with Crippen molar-refractivity contribution >= 4 is 5.91 Å². The third kappa shape index (κ3) is 34.6. The highest BCUT2D eigenvalue weighted by atomic mass is 16.7. The van der Waals surface area contributed by atoms with Gasteiger partial charge in [0.15, 0.2) is 6.29 Å². The Hall–Kier alpha value is -1.67. The molecule has 11 nitrogen and oxygen atoms in total. The number of carbonyl (C=O) groups is 1. The van der Waals surface area contributed by atoms with Gasteiger partial charge >= 0.3 is 0 Å². The van der Waals surface area contributed by atoms with Crippen molar-refractivity contribution in [1.29, 1.82) is 0 Å². The number of rotatable bonds is 48. The van der Waals surface area contributed by atoms with Crippen LogP contribution in [0.25, 0.3) is 0 Å². The van der Waals surface area contributed by atoms with Crippen molar-refractivity contribution in [2.45, 2.75) is 306 Å². The van der Waals surface area contributed by atoms with Gasteiger partial charge < -0.3 is 50.5 Å². The number of aliphatic hydroxyl groups is 7. The number of amides is 1. The van der Waals surface area contributed by atoms with E-state index in [2.05, 4.69) is 55.6 Å². The minimum atomic E-state index is -1.67. The Balaban J connectivity index is 2.34. The molecule has 1 rings (SSSR count). The molecule has 9 unspecified atom stereocenters. The van der Waals surface area contributed by atoms with E-state index in [1.807, 2.05) is 0 Å². The number of allylic oxidation sites excluding steroid dienone is 6. The summed E-state index contributed by atoms with van der Waals surface area (Å²) in [6.07, 6.45) is 44.8. The number of nitrogens with one attached hydrogen (secondary N) is 1. The van der Waals surface area contributed by atoms with E-state index in [-0.39, 0.29) is 12.8 Å². The fraction of sp³-hybridized carbons (Fsp3) is 0.877. The molecule has 1 aliphatic heterocycles. The van der Waals surface area contributed by atoms with Gasteiger partial charge in [0.25, 0.3) is 0 Å². The summed E-state index contributed by atoms with van der Waals surface area (Å²) in [5.41, 5.74) is 0. The van der Waals surface area contributed by atoms with Crippen LogP contribution in [-0.2, 0) is 14.3 Å². The van der Waals surface area contributed by atoms with Crippen molar-refractivity contribution in [3.8, 4) is 0 Å². The van der Waals surface area contributed by atoms with Crippen molar-refractivity contribution in [2.24, 2.45) is 0 Å². The molecule has 8 N–H and O–H groups in total. The summed E-state index contributed by atoms with van der Waals surface area (Å²) in [5.74, 6) is -0.712. The smallest absolute Gasteiger partial charge is 0.249 e. The lowest BCUT2D eigenvalue weighted by molar-refractivity contribution is -0.303. The molecule has 0 aromatic carbocycles. The van der Waals surface area contributed by atoms with Crippen LogP contribution in [0.3, 0.4) is 0 Å². The van der Waals surface area contributed by atoms with Crippen LogP contribution in [0.2, 0.25) is 0 Å². The molecule has 0 spiro atoms. The fourth-order valence-corrected chi connectivity index (χ4v) is 8.98. The highest BCUT2D eigenvalue weighted by molar-refractivity contribution is 5.80. The number of aliphatic hydroxyl groups excluding tert-OH is 7. The number of hydrogen-bond donors (Lipinski definition) is 8. The monoisotopic (exact) mass is 966 g/mol. The lowest BCUT2D eigenvalue weighted by atomic mass is 9.98. The van der Waals surface area contributed by atoms with Gasteiger partial charge in [0, 0.05) is 0 Å². The lowest BCUT2D eigenvalue weighted by Gasteiger charge is -2.40. The molecular formula is C57H107NO10. The Bertz CT molecular complexity index is 1200. The molecule has 400 valence electrons. The van der Waals surface area contributed by atoms with Gasteiger partial charge in [-0.05, 0) is 77.0 Å². The zero-order chi connectivity index (χ0) is 49.7. The molecule has 0 aromatic heterocycles. The summed E-state index contributed by atoms with van der Waals surface area (Å²) >= 11 is 0. The molecule has 0 bridgehead atoms. The van der Waals surface area contributed by atoms with Crippen LogP contribution in [0.1, 0.15) is 251 Å². The second-order valence-electron chi connectivity index (χ2n) is 20.0. The summed E-state index contributed by atoms with van der Waals surface area (Å²) in [6, 6.07) is -1.19. The second kappa shape index (κ2) is 46.4. The maximum absolute atomic E-state index is 13.2. The molecule has 68 heavy (non-hydrogen) atoms. The molecule has 9 atom stereocenters. The van der Waals surface area contributed by atoms with Crippen LogP contribution in [-0.4, -0.2) is 110 Å². The van der Waals surface area contributed by atoms with Crippen molar-refractivity contribution in [3.05, 3.63) is 36.5 Å². The molecule has 0 saturated carbocycles. The maximum Gasteiger partial charge on any atom is 0.249 e. The van der Waals surface area contributed by atoms with Crippen molar-refractivity contribution < 1.29 is 50.0 Å². The van der Waals surface area contributed by atoms with E-state index in [0.717, 1.165) is 44.9 Å². The number of unbranched alkanes of at least 4 members (excludes halogenated alkanes) is 30. The summed E-state index contributed by atoms with van der Waals surface area (Å²) in [6.45, 7) is 3.44. The summed E-state index contributed by atoms with van der Waals surface area (Å²) in [5, 5.41) is 76.0. The Labute approximate surface area is 416 Å². The molecule has 0 radical (unpaired) electrons. The second-order valence-corrected chi connectivity index (χ2v) is 20.0. The minimum absolute atomic E-state index is 0.246. The van der Waals surface area contributed by atoms with Crippen molar-refractivity contribution in [1.82, 2.24) is 5.32 Å². The van der Waals surface area contributed by atoms with Crippen LogP contribution in [0.15, 0.2) is 36.5 Å². The van der Waals surface area contributed by atoms with E-state index in [0.29, 0.717) is 19.3 Å². The lowest BCUT2D eigenvalue weighted by Crippen LogP contribution is -2.60. The Morgan fingerprint density at radius 3 is 1.31 bits per heavy atom. The third-order valence-electron chi connectivity index (χ3n) is 13.6.